The molecule has 2 rings (SSSR count). The van der Waals surface area contributed by atoms with E-state index in [0.29, 0.717) is 5.75 Å². The van der Waals surface area contributed by atoms with Gasteiger partial charge in [-0.2, -0.15) is 0 Å². The maximum absolute atomic E-state index is 11.6. The standard InChI is InChI=1S/C15H12B2O3/c16-20-14-8-6-12(7-9-14)10-17-15(18)19-11-13-4-2-1-3-5-13/h1-10H,11H2. The Morgan fingerprint density at radius 1 is 1.10 bits per heavy atom. The van der Waals surface area contributed by atoms with Gasteiger partial charge in [0.2, 0.25) is 0 Å². The molecule has 3 nitrogen and oxygen atoms in total. The van der Waals surface area contributed by atoms with Crippen LogP contribution in [0.5, 0.6) is 5.75 Å². The quantitative estimate of drug-likeness (QED) is 0.775. The van der Waals surface area contributed by atoms with Gasteiger partial charge in [-0.3, -0.25) is 0 Å². The zero-order valence-corrected chi connectivity index (χ0v) is 10.9. The van der Waals surface area contributed by atoms with Gasteiger partial charge in [-0.15, -0.1) is 0 Å². The van der Waals surface area contributed by atoms with Crippen LogP contribution >= 0.6 is 0 Å². The molecule has 5 heteroatoms. The van der Waals surface area contributed by atoms with E-state index in [1.54, 1.807) is 30.2 Å². The second-order valence-electron chi connectivity index (χ2n) is 4.11. The van der Waals surface area contributed by atoms with E-state index < -0.39 is 0 Å². The van der Waals surface area contributed by atoms with Crippen LogP contribution in [0.15, 0.2) is 54.6 Å². The first-order valence-electron chi connectivity index (χ1n) is 6.13. The van der Waals surface area contributed by atoms with Crippen LogP contribution in [0.4, 0.5) is 4.79 Å². The van der Waals surface area contributed by atoms with Crippen LogP contribution in [0.25, 0.3) is 0 Å². The third kappa shape index (κ3) is 4.43. The molecular weight excluding hydrogens is 250 g/mol. The summed E-state index contributed by atoms with van der Waals surface area (Å²) in [5, 5.41) is 0. The average molecular weight is 262 g/mol. The molecular formula is C15H12B2O3. The summed E-state index contributed by atoms with van der Waals surface area (Å²) in [7, 11) is 5.02. The first kappa shape index (κ1) is 14.1. The van der Waals surface area contributed by atoms with E-state index in [1.165, 1.54) is 6.92 Å². The average Bonchev–Trinajstić information content (AvgIpc) is 2.52. The predicted octanol–water partition coefficient (Wildman–Crippen LogP) is 2.34. The van der Waals surface area contributed by atoms with Crippen molar-refractivity contribution < 1.29 is 14.2 Å². The molecule has 0 saturated heterocycles. The molecule has 0 spiro atoms. The van der Waals surface area contributed by atoms with Crippen molar-refractivity contribution in [1.29, 1.82) is 0 Å². The Bertz CT molecular complexity index is 580. The van der Waals surface area contributed by atoms with E-state index in [1.807, 2.05) is 30.3 Å². The number of carbonyl (C=O) groups is 1. The van der Waals surface area contributed by atoms with Crippen LogP contribution in [0, 0.1) is 0 Å². The summed E-state index contributed by atoms with van der Waals surface area (Å²) in [6, 6.07) is 16.6. The maximum atomic E-state index is 11.6. The molecule has 0 aliphatic heterocycles. The third-order valence-electron chi connectivity index (χ3n) is 2.65. The van der Waals surface area contributed by atoms with E-state index in [4.69, 9.17) is 12.8 Å². The molecule has 0 aliphatic carbocycles. The van der Waals surface area contributed by atoms with Gasteiger partial charge in [-0.1, -0.05) is 0 Å². The third-order valence-corrected chi connectivity index (χ3v) is 2.65. The van der Waals surface area contributed by atoms with Crippen LogP contribution in [-0.4, -0.2) is 26.8 Å². The molecule has 0 saturated carbocycles. The van der Waals surface area contributed by atoms with Gasteiger partial charge >= 0.3 is 119 Å². The molecule has 96 valence electrons. The van der Waals surface area contributed by atoms with E-state index in [-0.39, 0.29) is 12.5 Å². The minimum absolute atomic E-state index is 0.268. The Labute approximate surface area is 119 Å². The molecule has 0 heterocycles. The molecule has 2 aromatic rings. The van der Waals surface area contributed by atoms with Crippen molar-refractivity contribution in [2.75, 3.05) is 0 Å². The molecule has 0 unspecified atom stereocenters. The monoisotopic (exact) mass is 262 g/mol. The number of ether oxygens (including phenoxy) is 1. The number of benzene rings is 2. The van der Waals surface area contributed by atoms with E-state index >= 15 is 0 Å². The molecule has 0 fully saturated rings. The fraction of sp³-hybridized carbons (Fsp3) is 0.0667. The molecule has 20 heavy (non-hydrogen) atoms. The Morgan fingerprint density at radius 2 is 1.80 bits per heavy atom. The molecule has 0 N–H and O–H groups in total. The normalized spacial score (nSPS) is 10.0. The van der Waals surface area contributed by atoms with Crippen LogP contribution < -0.4 is 4.65 Å². The molecule has 0 aromatic heterocycles. The summed E-state index contributed by atoms with van der Waals surface area (Å²) >= 11 is 0. The van der Waals surface area contributed by atoms with Crippen molar-refractivity contribution in [1.82, 2.24) is 0 Å². The van der Waals surface area contributed by atoms with Gasteiger partial charge in [-0.25, -0.2) is 0 Å². The van der Waals surface area contributed by atoms with Crippen LogP contribution in [0.2, 0.25) is 0 Å². The summed E-state index contributed by atoms with van der Waals surface area (Å²) in [6.45, 7) is 1.66. The topological polar surface area (TPSA) is 35.5 Å². The molecule has 0 aliphatic rings. The van der Waals surface area contributed by atoms with Crippen molar-refractivity contribution in [2.45, 2.75) is 6.61 Å². The first-order chi connectivity index (χ1) is 9.78. The predicted molar refractivity (Wildman–Crippen MR) is 80.4 cm³/mol. The van der Waals surface area contributed by atoms with Gasteiger partial charge in [-0.05, 0) is 0 Å². The summed E-state index contributed by atoms with van der Waals surface area (Å²) in [5.41, 5.74) is 1.82. The van der Waals surface area contributed by atoms with Gasteiger partial charge in [0, 0.05) is 0 Å². The molecule has 0 bridgehead atoms. The second-order valence-corrected chi connectivity index (χ2v) is 4.11. The van der Waals surface area contributed by atoms with Gasteiger partial charge in [0.15, 0.2) is 0 Å². The number of rotatable bonds is 5. The fourth-order valence-corrected chi connectivity index (χ4v) is 1.60. The molecule has 0 atom stereocenters. The van der Waals surface area contributed by atoms with Crippen molar-refractivity contribution in [3.05, 3.63) is 65.7 Å². The van der Waals surface area contributed by atoms with Gasteiger partial charge < -0.3 is 0 Å². The van der Waals surface area contributed by atoms with Crippen molar-refractivity contribution in [3.8, 4) is 5.75 Å². The first-order valence-corrected chi connectivity index (χ1v) is 6.13. The summed E-state index contributed by atoms with van der Waals surface area (Å²) < 4.78 is 9.69. The molecule has 0 amide bonds. The van der Waals surface area contributed by atoms with Gasteiger partial charge in [0.25, 0.3) is 0 Å². The van der Waals surface area contributed by atoms with Gasteiger partial charge in [0.1, 0.15) is 0 Å². The zero-order valence-electron chi connectivity index (χ0n) is 10.9. The summed E-state index contributed by atoms with van der Waals surface area (Å²) in [4.78, 5) is 11.6. The van der Waals surface area contributed by atoms with E-state index in [2.05, 4.69) is 4.65 Å². The minimum atomic E-state index is -0.381. The fourth-order valence-electron chi connectivity index (χ4n) is 1.60. The van der Waals surface area contributed by atoms with Crippen LogP contribution in [0.3, 0.4) is 0 Å². The Hall–Kier alpha value is -2.29. The SMILES string of the molecule is [B]Oc1ccc(C=BC(=O)OCc2ccccc2)cc1. The molecule has 2 radical (unpaired) electrons. The Balaban J connectivity index is 1.85. The van der Waals surface area contributed by atoms with Gasteiger partial charge in [0.05, 0.1) is 0 Å². The number of hydrogen-bond acceptors (Lipinski definition) is 3. The summed E-state index contributed by atoms with van der Waals surface area (Å²) in [6.07, 6.45) is 0. The Morgan fingerprint density at radius 3 is 2.45 bits per heavy atom. The summed E-state index contributed by atoms with van der Waals surface area (Å²) in [5.74, 6) is 1.86. The van der Waals surface area contributed by atoms with E-state index in [0.717, 1.165) is 11.1 Å². The van der Waals surface area contributed by atoms with Crippen LogP contribution in [0.1, 0.15) is 11.1 Å². The van der Waals surface area contributed by atoms with Crippen molar-refractivity contribution in [3.63, 3.8) is 0 Å². The van der Waals surface area contributed by atoms with E-state index in [9.17, 15) is 4.79 Å². The van der Waals surface area contributed by atoms with Crippen molar-refractivity contribution in [2.24, 2.45) is 0 Å². The zero-order chi connectivity index (χ0) is 14.2. The Kier molecular flexibility index (Phi) is 5.18. The second kappa shape index (κ2) is 7.34. The molecule has 2 aromatic carbocycles. The number of carbonyl (C=O) groups excluding carboxylic acids is 1. The number of hydrogen-bond donors (Lipinski definition) is 0. The van der Waals surface area contributed by atoms with Crippen molar-refractivity contribution >= 4 is 26.8 Å². The van der Waals surface area contributed by atoms with Crippen LogP contribution in [-0.2, 0) is 11.3 Å².